The van der Waals surface area contributed by atoms with E-state index in [0.29, 0.717) is 6.54 Å². The number of nitro groups is 1. The van der Waals surface area contributed by atoms with E-state index >= 15 is 0 Å². The molecule has 2 aromatic rings. The zero-order valence-electron chi connectivity index (χ0n) is 11.2. The van der Waals surface area contributed by atoms with Gasteiger partial charge in [0.15, 0.2) is 0 Å². The lowest BCUT2D eigenvalue weighted by molar-refractivity contribution is -0.384. The Bertz CT molecular complexity index is 632. The molecule has 0 amide bonds. The molecule has 0 atom stereocenters. The van der Waals surface area contributed by atoms with Crippen LogP contribution in [0.3, 0.4) is 0 Å². The lowest BCUT2D eigenvalue weighted by Crippen LogP contribution is -2.16. The van der Waals surface area contributed by atoms with Gasteiger partial charge in [-0.25, -0.2) is 0 Å². The fourth-order valence-corrected chi connectivity index (χ4v) is 2.65. The first-order valence-corrected chi connectivity index (χ1v) is 7.61. The van der Waals surface area contributed by atoms with Crippen molar-refractivity contribution in [3.63, 3.8) is 0 Å². The van der Waals surface area contributed by atoms with Gasteiger partial charge in [0.25, 0.3) is 5.69 Å². The number of non-ortho nitro benzene ring substituents is 1. The van der Waals surface area contributed by atoms with E-state index in [4.69, 9.17) is 11.6 Å². The molecule has 4 nitrogen and oxygen atoms in total. The number of hydrogen-bond acceptors (Lipinski definition) is 3. The molecule has 110 valence electrons. The summed E-state index contributed by atoms with van der Waals surface area (Å²) in [5.41, 5.74) is 2.23. The second-order valence-corrected chi connectivity index (χ2v) is 5.91. The smallest absolute Gasteiger partial charge is 0.269 e. The van der Waals surface area contributed by atoms with Gasteiger partial charge in [0, 0.05) is 28.2 Å². The van der Waals surface area contributed by atoms with Crippen LogP contribution >= 0.6 is 27.5 Å². The van der Waals surface area contributed by atoms with Crippen molar-refractivity contribution >= 4 is 33.2 Å². The van der Waals surface area contributed by atoms with Gasteiger partial charge in [-0.3, -0.25) is 10.1 Å². The molecule has 0 aliphatic rings. The predicted octanol–water partition coefficient (Wildman–Crippen LogP) is 4.34. The van der Waals surface area contributed by atoms with Gasteiger partial charge in [0.2, 0.25) is 0 Å². The van der Waals surface area contributed by atoms with Crippen LogP contribution in [0.5, 0.6) is 0 Å². The van der Waals surface area contributed by atoms with Gasteiger partial charge < -0.3 is 5.32 Å². The van der Waals surface area contributed by atoms with Gasteiger partial charge in [-0.1, -0.05) is 45.7 Å². The van der Waals surface area contributed by atoms with Crippen molar-refractivity contribution in [2.45, 2.75) is 13.0 Å². The molecular weight excluding hydrogens is 356 g/mol. The monoisotopic (exact) mass is 368 g/mol. The van der Waals surface area contributed by atoms with Crippen LogP contribution in [0.2, 0.25) is 5.02 Å². The zero-order valence-corrected chi connectivity index (χ0v) is 13.5. The molecule has 0 aromatic heterocycles. The second kappa shape index (κ2) is 7.54. The first-order chi connectivity index (χ1) is 10.1. The molecule has 2 rings (SSSR count). The summed E-state index contributed by atoms with van der Waals surface area (Å²) >= 11 is 9.51. The fourth-order valence-electron chi connectivity index (χ4n) is 1.91. The molecule has 1 N–H and O–H groups in total. The van der Waals surface area contributed by atoms with E-state index in [2.05, 4.69) is 21.2 Å². The summed E-state index contributed by atoms with van der Waals surface area (Å²) in [4.78, 5) is 10.2. The van der Waals surface area contributed by atoms with Gasteiger partial charge in [0.1, 0.15) is 0 Å². The molecule has 0 aliphatic heterocycles. The molecule has 0 radical (unpaired) electrons. The van der Waals surface area contributed by atoms with Gasteiger partial charge in [-0.05, 0) is 36.2 Å². The van der Waals surface area contributed by atoms with Gasteiger partial charge >= 0.3 is 0 Å². The Balaban J connectivity index is 1.80. The predicted molar refractivity (Wildman–Crippen MR) is 87.7 cm³/mol. The van der Waals surface area contributed by atoms with Crippen molar-refractivity contribution in [2.75, 3.05) is 6.54 Å². The number of benzene rings is 2. The maximum absolute atomic E-state index is 10.6. The summed E-state index contributed by atoms with van der Waals surface area (Å²) in [7, 11) is 0. The second-order valence-electron chi connectivity index (χ2n) is 4.59. The van der Waals surface area contributed by atoms with Crippen LogP contribution in [-0.2, 0) is 13.0 Å². The van der Waals surface area contributed by atoms with E-state index in [-0.39, 0.29) is 5.69 Å². The van der Waals surface area contributed by atoms with Crippen LogP contribution in [0.1, 0.15) is 11.1 Å². The summed E-state index contributed by atoms with van der Waals surface area (Å²) in [6.07, 6.45) is 0.812. The molecule has 0 aliphatic carbocycles. The van der Waals surface area contributed by atoms with E-state index < -0.39 is 4.92 Å². The first-order valence-electron chi connectivity index (χ1n) is 6.44. The molecule has 0 bridgehead atoms. The molecule has 0 heterocycles. The van der Waals surface area contributed by atoms with Crippen molar-refractivity contribution in [3.8, 4) is 0 Å². The van der Waals surface area contributed by atoms with Crippen molar-refractivity contribution in [1.82, 2.24) is 5.32 Å². The Morgan fingerprint density at radius 3 is 2.52 bits per heavy atom. The van der Waals surface area contributed by atoms with E-state index in [1.165, 1.54) is 12.1 Å². The molecule has 0 fully saturated rings. The van der Waals surface area contributed by atoms with Crippen LogP contribution in [0.4, 0.5) is 5.69 Å². The summed E-state index contributed by atoms with van der Waals surface area (Å²) in [6, 6.07) is 12.4. The van der Waals surface area contributed by atoms with Crippen LogP contribution in [0.15, 0.2) is 46.9 Å². The highest BCUT2D eigenvalue weighted by Gasteiger charge is 2.04. The van der Waals surface area contributed by atoms with Crippen LogP contribution in [0.25, 0.3) is 0 Å². The molecule has 0 spiro atoms. The van der Waals surface area contributed by atoms with E-state index in [0.717, 1.165) is 33.6 Å². The number of rotatable bonds is 6. The SMILES string of the molecule is O=[N+]([O-])c1ccc(CCNCc2ccc(Br)cc2Cl)cc1. The summed E-state index contributed by atoms with van der Waals surface area (Å²) in [5.74, 6) is 0. The minimum atomic E-state index is -0.391. The van der Waals surface area contributed by atoms with Crippen molar-refractivity contribution in [1.29, 1.82) is 0 Å². The van der Waals surface area contributed by atoms with Gasteiger partial charge in [0.05, 0.1) is 4.92 Å². The Kier molecular flexibility index (Phi) is 5.73. The van der Waals surface area contributed by atoms with E-state index in [1.807, 2.05) is 18.2 Å². The Labute approximate surface area is 136 Å². The number of nitro benzene ring substituents is 1. The van der Waals surface area contributed by atoms with Crippen molar-refractivity contribution in [2.24, 2.45) is 0 Å². The van der Waals surface area contributed by atoms with Crippen LogP contribution in [0, 0.1) is 10.1 Å². The first kappa shape index (κ1) is 15.9. The lowest BCUT2D eigenvalue weighted by Gasteiger charge is -2.07. The highest BCUT2D eigenvalue weighted by Crippen LogP contribution is 2.21. The third-order valence-electron chi connectivity index (χ3n) is 3.07. The van der Waals surface area contributed by atoms with Gasteiger partial charge in [-0.2, -0.15) is 0 Å². The Morgan fingerprint density at radius 2 is 1.90 bits per heavy atom. The molecule has 6 heteroatoms. The van der Waals surface area contributed by atoms with Gasteiger partial charge in [-0.15, -0.1) is 0 Å². The normalized spacial score (nSPS) is 10.6. The zero-order chi connectivity index (χ0) is 15.2. The highest BCUT2D eigenvalue weighted by molar-refractivity contribution is 9.10. The number of halogens is 2. The summed E-state index contributed by atoms with van der Waals surface area (Å²) in [5, 5.41) is 14.6. The molecule has 0 saturated heterocycles. The standard InChI is InChI=1S/C15H14BrClN2O2/c16-13-4-3-12(15(17)9-13)10-18-8-7-11-1-5-14(6-2-11)19(20)21/h1-6,9,18H,7-8,10H2. The largest absolute Gasteiger partial charge is 0.312 e. The van der Waals surface area contributed by atoms with E-state index in [9.17, 15) is 10.1 Å². The quantitative estimate of drug-likeness (QED) is 0.468. The third-order valence-corrected chi connectivity index (χ3v) is 3.91. The minimum absolute atomic E-state index is 0.119. The number of nitrogens with one attached hydrogen (secondary N) is 1. The summed E-state index contributed by atoms with van der Waals surface area (Å²) < 4.78 is 0.960. The number of nitrogens with zero attached hydrogens (tertiary/aromatic N) is 1. The molecule has 0 saturated carbocycles. The Hall–Kier alpha value is -1.43. The molecule has 21 heavy (non-hydrogen) atoms. The Morgan fingerprint density at radius 1 is 1.19 bits per heavy atom. The molecular formula is C15H14BrClN2O2. The highest BCUT2D eigenvalue weighted by atomic mass is 79.9. The van der Waals surface area contributed by atoms with E-state index in [1.54, 1.807) is 12.1 Å². The maximum Gasteiger partial charge on any atom is 0.269 e. The average Bonchev–Trinajstić information content (AvgIpc) is 2.46. The lowest BCUT2D eigenvalue weighted by atomic mass is 10.1. The molecule has 2 aromatic carbocycles. The fraction of sp³-hybridized carbons (Fsp3) is 0.200. The van der Waals surface area contributed by atoms with Crippen LogP contribution in [-0.4, -0.2) is 11.5 Å². The average molecular weight is 370 g/mol. The van der Waals surface area contributed by atoms with Crippen LogP contribution < -0.4 is 5.32 Å². The topological polar surface area (TPSA) is 55.2 Å². The number of hydrogen-bond donors (Lipinski definition) is 1. The minimum Gasteiger partial charge on any atom is -0.312 e. The summed E-state index contributed by atoms with van der Waals surface area (Å²) in [6.45, 7) is 1.48. The third kappa shape index (κ3) is 4.81. The van der Waals surface area contributed by atoms with Crippen molar-refractivity contribution in [3.05, 3.63) is 73.2 Å². The molecule has 0 unspecified atom stereocenters. The maximum atomic E-state index is 10.6. The van der Waals surface area contributed by atoms with Crippen molar-refractivity contribution < 1.29 is 4.92 Å².